The van der Waals surface area contributed by atoms with Crippen LogP contribution in [0.4, 0.5) is 11.5 Å². The molecule has 39 heavy (non-hydrogen) atoms. The SMILES string of the molecule is C=C(C)C(=O)Nc1ccc(-c2c3c4c(ncnc4n2C)NCCc2cc(Oc4nccc(C)n4)ccc2-3)cc1. The van der Waals surface area contributed by atoms with E-state index in [4.69, 9.17) is 4.74 Å². The van der Waals surface area contributed by atoms with E-state index in [0.29, 0.717) is 29.6 Å². The summed E-state index contributed by atoms with van der Waals surface area (Å²) in [5.41, 5.74) is 8.09. The third kappa shape index (κ3) is 4.48. The van der Waals surface area contributed by atoms with E-state index in [2.05, 4.69) is 53.8 Å². The highest BCUT2D eigenvalue weighted by atomic mass is 16.5. The van der Waals surface area contributed by atoms with Crippen molar-refractivity contribution >= 4 is 28.4 Å². The summed E-state index contributed by atoms with van der Waals surface area (Å²) >= 11 is 0. The van der Waals surface area contributed by atoms with Crippen LogP contribution in [-0.4, -0.2) is 37.0 Å². The number of aryl methyl sites for hydroxylation is 2. The highest BCUT2D eigenvalue weighted by molar-refractivity contribution is 6.09. The van der Waals surface area contributed by atoms with Gasteiger partial charge in [0.1, 0.15) is 23.5 Å². The molecule has 0 unspecified atom stereocenters. The summed E-state index contributed by atoms with van der Waals surface area (Å²) in [6, 6.07) is 16.0. The third-order valence-corrected chi connectivity index (χ3v) is 6.79. The lowest BCUT2D eigenvalue weighted by Crippen LogP contribution is -2.11. The molecule has 1 amide bonds. The van der Waals surface area contributed by atoms with E-state index >= 15 is 0 Å². The Hall–Kier alpha value is -5.05. The van der Waals surface area contributed by atoms with Gasteiger partial charge in [-0.25, -0.2) is 19.9 Å². The Balaban J connectivity index is 1.49. The van der Waals surface area contributed by atoms with Crippen molar-refractivity contribution in [1.82, 2.24) is 24.5 Å². The Morgan fingerprint density at radius 2 is 1.92 bits per heavy atom. The molecule has 5 aromatic rings. The van der Waals surface area contributed by atoms with Gasteiger partial charge in [-0.05, 0) is 67.3 Å². The molecule has 0 spiro atoms. The van der Waals surface area contributed by atoms with E-state index < -0.39 is 0 Å². The predicted molar refractivity (Wildman–Crippen MR) is 152 cm³/mol. The number of fused-ring (bicyclic) bond motifs is 2. The Morgan fingerprint density at radius 1 is 1.10 bits per heavy atom. The van der Waals surface area contributed by atoms with Gasteiger partial charge in [-0.15, -0.1) is 0 Å². The van der Waals surface area contributed by atoms with Crippen LogP contribution in [0.2, 0.25) is 0 Å². The summed E-state index contributed by atoms with van der Waals surface area (Å²) in [5.74, 6) is 1.28. The Kier molecular flexibility index (Phi) is 6.03. The number of ether oxygens (including phenoxy) is 1. The molecule has 0 atom stereocenters. The molecule has 6 rings (SSSR count). The highest BCUT2D eigenvalue weighted by Gasteiger charge is 2.26. The van der Waals surface area contributed by atoms with Crippen molar-refractivity contribution in [3.8, 4) is 34.1 Å². The zero-order valence-electron chi connectivity index (χ0n) is 21.9. The fourth-order valence-electron chi connectivity index (χ4n) is 4.92. The maximum Gasteiger partial charge on any atom is 0.322 e. The average Bonchev–Trinajstić information content (AvgIpc) is 3.21. The lowest BCUT2D eigenvalue weighted by molar-refractivity contribution is -0.112. The van der Waals surface area contributed by atoms with Gasteiger partial charge in [0.15, 0.2) is 0 Å². The van der Waals surface area contributed by atoms with Gasteiger partial charge in [-0.1, -0.05) is 24.8 Å². The largest absolute Gasteiger partial charge is 0.424 e. The van der Waals surface area contributed by atoms with Gasteiger partial charge in [0, 0.05) is 42.3 Å². The van der Waals surface area contributed by atoms with E-state index in [-0.39, 0.29) is 5.91 Å². The minimum atomic E-state index is -0.204. The number of amides is 1. The predicted octanol–water partition coefficient (Wildman–Crippen LogP) is 5.68. The van der Waals surface area contributed by atoms with Crippen molar-refractivity contribution < 1.29 is 9.53 Å². The fourth-order valence-corrected chi connectivity index (χ4v) is 4.92. The Bertz CT molecular complexity index is 1760. The van der Waals surface area contributed by atoms with Crippen molar-refractivity contribution in [1.29, 1.82) is 0 Å². The van der Waals surface area contributed by atoms with Crippen molar-refractivity contribution in [2.24, 2.45) is 7.05 Å². The number of rotatable bonds is 5. The molecule has 194 valence electrons. The van der Waals surface area contributed by atoms with E-state index in [1.54, 1.807) is 19.4 Å². The van der Waals surface area contributed by atoms with Gasteiger partial charge in [0.25, 0.3) is 5.91 Å². The Labute approximate surface area is 225 Å². The standard InChI is InChI=1S/C30H27N7O2/c1-17(2)29(38)36-21-7-5-19(6-8-21)26-24-23-10-9-22(39-30-32-13-11-18(3)35-30)15-20(23)12-14-31-27-25(24)28(37(26)4)34-16-33-27/h5-11,13,15-16H,1,12,14H2,2-4H3,(H,36,38)(H,31,33,34). The topological polar surface area (TPSA) is 107 Å². The molecule has 9 nitrogen and oxygen atoms in total. The first-order valence-corrected chi connectivity index (χ1v) is 12.6. The lowest BCUT2D eigenvalue weighted by atomic mass is 9.92. The number of carbonyl (C=O) groups excluding carboxylic acids is 1. The summed E-state index contributed by atoms with van der Waals surface area (Å²) in [6.07, 6.45) is 4.05. The van der Waals surface area contributed by atoms with E-state index in [1.807, 2.05) is 50.4 Å². The fraction of sp³-hybridized carbons (Fsp3) is 0.167. The van der Waals surface area contributed by atoms with Gasteiger partial charge in [-0.3, -0.25) is 4.79 Å². The second-order valence-electron chi connectivity index (χ2n) is 9.59. The van der Waals surface area contributed by atoms with Crippen LogP contribution >= 0.6 is 0 Å². The number of anilines is 2. The molecule has 1 aliphatic heterocycles. The van der Waals surface area contributed by atoms with Crippen molar-refractivity contribution in [2.45, 2.75) is 20.3 Å². The number of hydrogen-bond donors (Lipinski definition) is 2. The number of nitrogens with one attached hydrogen (secondary N) is 2. The molecular weight excluding hydrogens is 490 g/mol. The summed E-state index contributed by atoms with van der Waals surface area (Å²) < 4.78 is 8.10. The van der Waals surface area contributed by atoms with Crippen molar-refractivity contribution in [2.75, 3.05) is 17.2 Å². The summed E-state index contributed by atoms with van der Waals surface area (Å²) in [4.78, 5) is 29.9. The first kappa shape index (κ1) is 24.3. The molecule has 3 aromatic heterocycles. The molecular formula is C30H27N7O2. The number of carbonyl (C=O) groups is 1. The van der Waals surface area contributed by atoms with E-state index in [9.17, 15) is 4.79 Å². The minimum absolute atomic E-state index is 0.204. The van der Waals surface area contributed by atoms with Crippen LogP contribution in [0.3, 0.4) is 0 Å². The zero-order chi connectivity index (χ0) is 27.1. The molecule has 9 heteroatoms. The number of aromatic nitrogens is 5. The van der Waals surface area contributed by atoms with Gasteiger partial charge in [0.05, 0.1) is 11.1 Å². The lowest BCUT2D eigenvalue weighted by Gasteiger charge is -2.18. The number of benzene rings is 2. The van der Waals surface area contributed by atoms with Crippen molar-refractivity contribution in [3.63, 3.8) is 0 Å². The van der Waals surface area contributed by atoms with Gasteiger partial charge in [0.2, 0.25) is 0 Å². The highest BCUT2D eigenvalue weighted by Crippen LogP contribution is 2.45. The van der Waals surface area contributed by atoms with Crippen LogP contribution in [0.15, 0.2) is 73.2 Å². The van der Waals surface area contributed by atoms with Crippen LogP contribution in [0, 0.1) is 6.92 Å². The Morgan fingerprint density at radius 3 is 2.69 bits per heavy atom. The summed E-state index contributed by atoms with van der Waals surface area (Å²) in [5, 5.41) is 7.33. The first-order chi connectivity index (χ1) is 18.9. The molecule has 0 saturated heterocycles. The smallest absolute Gasteiger partial charge is 0.322 e. The summed E-state index contributed by atoms with van der Waals surface area (Å²) in [6.45, 7) is 8.01. The van der Waals surface area contributed by atoms with Gasteiger partial charge >= 0.3 is 6.01 Å². The van der Waals surface area contributed by atoms with E-state index in [0.717, 1.165) is 56.9 Å². The molecule has 4 heterocycles. The average molecular weight is 518 g/mol. The molecule has 0 aliphatic carbocycles. The van der Waals surface area contributed by atoms with Crippen molar-refractivity contribution in [3.05, 3.63) is 84.5 Å². The quantitative estimate of drug-likeness (QED) is 0.289. The van der Waals surface area contributed by atoms with E-state index in [1.165, 1.54) is 0 Å². The van der Waals surface area contributed by atoms with Crippen LogP contribution in [0.25, 0.3) is 33.4 Å². The molecule has 0 radical (unpaired) electrons. The first-order valence-electron chi connectivity index (χ1n) is 12.6. The molecule has 0 fully saturated rings. The van der Waals surface area contributed by atoms with Crippen LogP contribution in [0.1, 0.15) is 18.2 Å². The maximum absolute atomic E-state index is 12.1. The third-order valence-electron chi connectivity index (χ3n) is 6.79. The molecule has 2 N–H and O–H groups in total. The molecule has 0 saturated carbocycles. The van der Waals surface area contributed by atoms with Crippen LogP contribution < -0.4 is 15.4 Å². The second-order valence-corrected chi connectivity index (χ2v) is 9.59. The number of nitrogens with zero attached hydrogens (tertiary/aromatic N) is 5. The molecule has 1 aliphatic rings. The monoisotopic (exact) mass is 517 g/mol. The number of hydrogen-bond acceptors (Lipinski definition) is 7. The van der Waals surface area contributed by atoms with Gasteiger partial charge < -0.3 is 19.9 Å². The minimum Gasteiger partial charge on any atom is -0.424 e. The maximum atomic E-state index is 12.1. The zero-order valence-corrected chi connectivity index (χ0v) is 21.9. The molecule has 0 bridgehead atoms. The second kappa shape index (κ2) is 9.68. The normalized spacial score (nSPS) is 12.2. The summed E-state index contributed by atoms with van der Waals surface area (Å²) in [7, 11) is 2.01. The van der Waals surface area contributed by atoms with Crippen LogP contribution in [-0.2, 0) is 18.3 Å². The van der Waals surface area contributed by atoms with Gasteiger partial charge in [-0.2, -0.15) is 0 Å². The van der Waals surface area contributed by atoms with Crippen LogP contribution in [0.5, 0.6) is 11.8 Å². The molecule has 2 aromatic carbocycles.